The molecule has 1 aromatic rings. The molecule has 3 heteroatoms. The Morgan fingerprint density at radius 2 is 2.00 bits per heavy atom. The van der Waals surface area contributed by atoms with Crippen LogP contribution in [0.3, 0.4) is 0 Å². The van der Waals surface area contributed by atoms with Gasteiger partial charge in [0, 0.05) is 18.2 Å². The summed E-state index contributed by atoms with van der Waals surface area (Å²) in [5.74, 6) is 0.212. The third-order valence-corrected chi connectivity index (χ3v) is 1.79. The Balaban J connectivity index is 3.08. The zero-order chi connectivity index (χ0) is 9.14. The fraction of sp³-hybridized carbons (Fsp3) is 0.333. The predicted octanol–water partition coefficient (Wildman–Crippen LogP) is 1.55. The van der Waals surface area contributed by atoms with Crippen LogP contribution in [0.25, 0.3) is 0 Å². The highest BCUT2D eigenvalue weighted by molar-refractivity contribution is 5.47. The Hall–Kier alpha value is -1.22. The van der Waals surface area contributed by atoms with Gasteiger partial charge in [0.2, 0.25) is 0 Å². The van der Waals surface area contributed by atoms with Gasteiger partial charge in [-0.2, -0.15) is 0 Å². The van der Waals surface area contributed by atoms with Gasteiger partial charge in [0.25, 0.3) is 0 Å². The molecule has 66 valence electrons. The van der Waals surface area contributed by atoms with Crippen LogP contribution in [0.5, 0.6) is 11.5 Å². The maximum absolute atomic E-state index is 9.47. The van der Waals surface area contributed by atoms with Crippen LogP contribution >= 0.6 is 0 Å². The van der Waals surface area contributed by atoms with Crippen LogP contribution in [0.4, 0.5) is 0 Å². The van der Waals surface area contributed by atoms with E-state index in [4.69, 9.17) is 4.74 Å². The normalized spacial score (nSPS) is 10.2. The first-order valence-electron chi connectivity index (χ1n) is 3.66. The van der Waals surface area contributed by atoms with E-state index >= 15 is 0 Å². The van der Waals surface area contributed by atoms with E-state index in [9.17, 15) is 10.2 Å². The first kappa shape index (κ1) is 8.87. The topological polar surface area (TPSA) is 49.7 Å². The number of methoxy groups -OCH3 is 1. The minimum absolute atomic E-state index is 0.104. The maximum atomic E-state index is 9.47. The van der Waals surface area contributed by atoms with Gasteiger partial charge in [0.15, 0.2) is 0 Å². The quantitative estimate of drug-likeness (QED) is 0.704. The molecule has 0 aliphatic rings. The molecule has 0 saturated carbocycles. The number of hydrogen-bond acceptors (Lipinski definition) is 3. The first-order valence-corrected chi connectivity index (χ1v) is 3.66. The van der Waals surface area contributed by atoms with Crippen LogP contribution in [0, 0.1) is 6.92 Å². The second kappa shape index (κ2) is 3.45. The van der Waals surface area contributed by atoms with E-state index in [1.807, 2.05) is 0 Å². The van der Waals surface area contributed by atoms with Crippen molar-refractivity contribution in [2.75, 3.05) is 7.11 Å². The highest BCUT2D eigenvalue weighted by atomic mass is 16.5. The van der Waals surface area contributed by atoms with Gasteiger partial charge in [0.1, 0.15) is 11.5 Å². The van der Waals surface area contributed by atoms with E-state index in [0.717, 1.165) is 0 Å². The molecule has 0 aliphatic heterocycles. The molecule has 1 aromatic carbocycles. The number of benzene rings is 1. The summed E-state index contributed by atoms with van der Waals surface area (Å²) in [6, 6.07) is 3.19. The molecule has 0 aliphatic carbocycles. The standard InChI is InChI=1S/C9H12O3/c1-6-8(10)4-3-7(5-12-2)9(6)11/h3-4,10-11H,5H2,1-2H3. The van der Waals surface area contributed by atoms with E-state index in [-0.39, 0.29) is 11.5 Å². The number of ether oxygens (including phenoxy) is 1. The lowest BCUT2D eigenvalue weighted by molar-refractivity contribution is 0.182. The minimum Gasteiger partial charge on any atom is -0.508 e. The Morgan fingerprint density at radius 3 is 2.58 bits per heavy atom. The van der Waals surface area contributed by atoms with Crippen LogP contribution in [-0.2, 0) is 11.3 Å². The molecular weight excluding hydrogens is 156 g/mol. The summed E-state index contributed by atoms with van der Waals surface area (Å²) in [6.45, 7) is 2.01. The Morgan fingerprint density at radius 1 is 1.33 bits per heavy atom. The van der Waals surface area contributed by atoms with E-state index < -0.39 is 0 Å². The molecule has 0 amide bonds. The summed E-state index contributed by atoms with van der Waals surface area (Å²) in [5.41, 5.74) is 1.18. The van der Waals surface area contributed by atoms with Crippen LogP contribution in [0.1, 0.15) is 11.1 Å². The maximum Gasteiger partial charge on any atom is 0.127 e. The molecule has 0 fully saturated rings. The smallest absolute Gasteiger partial charge is 0.127 e. The number of hydrogen-bond donors (Lipinski definition) is 2. The lowest BCUT2D eigenvalue weighted by Gasteiger charge is -2.07. The fourth-order valence-electron chi connectivity index (χ4n) is 1.02. The van der Waals surface area contributed by atoms with Crippen LogP contribution in [0.2, 0.25) is 0 Å². The van der Waals surface area contributed by atoms with Crippen molar-refractivity contribution < 1.29 is 14.9 Å². The number of phenols is 2. The van der Waals surface area contributed by atoms with Crippen LogP contribution in [0.15, 0.2) is 12.1 Å². The zero-order valence-electron chi connectivity index (χ0n) is 7.16. The molecule has 3 nitrogen and oxygen atoms in total. The van der Waals surface area contributed by atoms with E-state index in [1.54, 1.807) is 26.2 Å². The summed E-state index contributed by atoms with van der Waals surface area (Å²) in [6.07, 6.45) is 0. The highest BCUT2D eigenvalue weighted by Gasteiger charge is 2.06. The van der Waals surface area contributed by atoms with Gasteiger partial charge in [0.05, 0.1) is 6.61 Å². The van der Waals surface area contributed by atoms with E-state index in [1.165, 1.54) is 0 Å². The number of aromatic hydroxyl groups is 2. The zero-order valence-corrected chi connectivity index (χ0v) is 7.16. The predicted molar refractivity (Wildman–Crippen MR) is 45.2 cm³/mol. The molecule has 0 bridgehead atoms. The molecule has 0 spiro atoms. The van der Waals surface area contributed by atoms with Crippen molar-refractivity contribution in [1.29, 1.82) is 0 Å². The third kappa shape index (κ3) is 1.51. The average molecular weight is 168 g/mol. The van der Waals surface area contributed by atoms with Gasteiger partial charge in [-0.1, -0.05) is 0 Å². The molecule has 2 N–H and O–H groups in total. The Labute approximate surface area is 71.2 Å². The van der Waals surface area contributed by atoms with Crippen molar-refractivity contribution >= 4 is 0 Å². The Bertz CT molecular complexity index is 281. The average Bonchev–Trinajstić information content (AvgIpc) is 2.07. The van der Waals surface area contributed by atoms with Crippen molar-refractivity contribution in [3.05, 3.63) is 23.3 Å². The van der Waals surface area contributed by atoms with Gasteiger partial charge in [-0.3, -0.25) is 0 Å². The van der Waals surface area contributed by atoms with Gasteiger partial charge >= 0.3 is 0 Å². The van der Waals surface area contributed by atoms with Gasteiger partial charge in [-0.15, -0.1) is 0 Å². The number of rotatable bonds is 2. The Kier molecular flexibility index (Phi) is 2.55. The molecule has 0 radical (unpaired) electrons. The molecule has 0 unspecified atom stereocenters. The molecule has 0 atom stereocenters. The van der Waals surface area contributed by atoms with Gasteiger partial charge in [-0.05, 0) is 19.1 Å². The van der Waals surface area contributed by atoms with Crippen molar-refractivity contribution in [1.82, 2.24) is 0 Å². The fourth-order valence-corrected chi connectivity index (χ4v) is 1.02. The summed E-state index contributed by atoms with van der Waals surface area (Å²) in [5, 5.41) is 18.7. The first-order chi connectivity index (χ1) is 5.66. The summed E-state index contributed by atoms with van der Waals surface area (Å²) >= 11 is 0. The van der Waals surface area contributed by atoms with Crippen LogP contribution < -0.4 is 0 Å². The monoisotopic (exact) mass is 168 g/mol. The molecule has 0 aromatic heterocycles. The third-order valence-electron chi connectivity index (χ3n) is 1.79. The van der Waals surface area contributed by atoms with Crippen molar-refractivity contribution in [3.63, 3.8) is 0 Å². The number of phenolic OH excluding ortho intramolecular Hbond substituents is 2. The van der Waals surface area contributed by atoms with Crippen molar-refractivity contribution in [3.8, 4) is 11.5 Å². The highest BCUT2D eigenvalue weighted by Crippen LogP contribution is 2.29. The molecular formula is C9H12O3. The molecule has 0 heterocycles. The van der Waals surface area contributed by atoms with E-state index in [2.05, 4.69) is 0 Å². The van der Waals surface area contributed by atoms with Crippen molar-refractivity contribution in [2.24, 2.45) is 0 Å². The van der Waals surface area contributed by atoms with Gasteiger partial charge in [-0.25, -0.2) is 0 Å². The van der Waals surface area contributed by atoms with E-state index in [0.29, 0.717) is 17.7 Å². The second-order valence-corrected chi connectivity index (χ2v) is 2.65. The van der Waals surface area contributed by atoms with Gasteiger partial charge < -0.3 is 14.9 Å². The second-order valence-electron chi connectivity index (χ2n) is 2.65. The SMILES string of the molecule is COCc1ccc(O)c(C)c1O. The summed E-state index contributed by atoms with van der Waals surface area (Å²) in [7, 11) is 1.56. The summed E-state index contributed by atoms with van der Waals surface area (Å²) < 4.78 is 4.86. The molecule has 12 heavy (non-hydrogen) atoms. The van der Waals surface area contributed by atoms with Crippen LogP contribution in [-0.4, -0.2) is 17.3 Å². The lowest BCUT2D eigenvalue weighted by Crippen LogP contribution is -1.89. The minimum atomic E-state index is 0.104. The van der Waals surface area contributed by atoms with Crippen molar-refractivity contribution in [2.45, 2.75) is 13.5 Å². The molecule has 1 rings (SSSR count). The summed E-state index contributed by atoms with van der Waals surface area (Å²) in [4.78, 5) is 0. The largest absolute Gasteiger partial charge is 0.508 e. The lowest BCUT2D eigenvalue weighted by atomic mass is 10.1. The molecule has 0 saturated heterocycles.